The summed E-state index contributed by atoms with van der Waals surface area (Å²) in [7, 11) is 0. The first-order valence-corrected chi connectivity index (χ1v) is 9.57. The predicted octanol–water partition coefficient (Wildman–Crippen LogP) is 5.46. The number of pyridine rings is 2. The first kappa shape index (κ1) is 17.6. The maximum absolute atomic E-state index is 12.6. The molecule has 2 aromatic carbocycles. The Balaban J connectivity index is 1.74. The molecule has 27 heavy (non-hydrogen) atoms. The molecule has 0 saturated heterocycles. The second-order valence-corrected chi connectivity index (χ2v) is 7.38. The van der Waals surface area contributed by atoms with Gasteiger partial charge in [-0.05, 0) is 70.8 Å². The van der Waals surface area contributed by atoms with Crippen LogP contribution in [0.15, 0.2) is 73.2 Å². The van der Waals surface area contributed by atoms with Gasteiger partial charge in [0.05, 0.1) is 5.69 Å². The van der Waals surface area contributed by atoms with Gasteiger partial charge in [0.2, 0.25) is 0 Å². The van der Waals surface area contributed by atoms with Crippen LogP contribution in [0.4, 0.5) is 5.69 Å². The molecule has 0 aliphatic heterocycles. The minimum Gasteiger partial charge on any atom is -0.322 e. The Bertz CT molecular complexity index is 1150. The molecule has 5 heteroatoms. The summed E-state index contributed by atoms with van der Waals surface area (Å²) in [6, 6.07) is 17.8. The van der Waals surface area contributed by atoms with Gasteiger partial charge in [-0.25, -0.2) is 0 Å². The van der Waals surface area contributed by atoms with Gasteiger partial charge in [-0.15, -0.1) is 0 Å². The number of rotatable bonds is 3. The third-order valence-electron chi connectivity index (χ3n) is 4.42. The quantitative estimate of drug-likeness (QED) is 0.409. The molecule has 4 nitrogen and oxygen atoms in total. The maximum Gasteiger partial charge on any atom is 0.256 e. The van der Waals surface area contributed by atoms with Crippen LogP contribution in [0, 0.1) is 10.5 Å². The number of nitrogens with zero attached hydrogens (tertiary/aromatic N) is 2. The van der Waals surface area contributed by atoms with Crippen molar-refractivity contribution in [3.05, 3.63) is 87.9 Å². The monoisotopic (exact) mass is 465 g/mol. The van der Waals surface area contributed by atoms with Gasteiger partial charge in [0.25, 0.3) is 5.91 Å². The molecule has 0 fully saturated rings. The number of hydrogen-bond donors (Lipinski definition) is 1. The van der Waals surface area contributed by atoms with E-state index in [1.165, 1.54) is 0 Å². The van der Waals surface area contributed by atoms with Crippen molar-refractivity contribution in [1.29, 1.82) is 0 Å². The van der Waals surface area contributed by atoms with Gasteiger partial charge < -0.3 is 5.32 Å². The molecular weight excluding hydrogens is 449 g/mol. The van der Waals surface area contributed by atoms with E-state index in [1.54, 1.807) is 18.5 Å². The van der Waals surface area contributed by atoms with Gasteiger partial charge in [-0.3, -0.25) is 14.8 Å². The highest BCUT2D eigenvalue weighted by Gasteiger charge is 2.13. The predicted molar refractivity (Wildman–Crippen MR) is 117 cm³/mol. The van der Waals surface area contributed by atoms with Crippen LogP contribution in [0.3, 0.4) is 0 Å². The Morgan fingerprint density at radius 3 is 2.74 bits per heavy atom. The van der Waals surface area contributed by atoms with Crippen molar-refractivity contribution < 1.29 is 4.79 Å². The number of carbonyl (C=O) groups is 1. The van der Waals surface area contributed by atoms with E-state index in [9.17, 15) is 4.79 Å². The topological polar surface area (TPSA) is 54.9 Å². The van der Waals surface area contributed by atoms with Gasteiger partial charge in [0.1, 0.15) is 0 Å². The number of aromatic nitrogens is 2. The number of nitrogens with one attached hydrogen (secondary N) is 1. The molecule has 0 saturated carbocycles. The summed E-state index contributed by atoms with van der Waals surface area (Å²) in [4.78, 5) is 21.3. The molecule has 1 amide bonds. The summed E-state index contributed by atoms with van der Waals surface area (Å²) in [5, 5.41) is 5.21. The molecular formula is C22H16IN3O. The van der Waals surface area contributed by atoms with Crippen molar-refractivity contribution in [1.82, 2.24) is 9.97 Å². The molecule has 0 bridgehead atoms. The lowest BCUT2D eigenvalue weighted by Gasteiger charge is -2.12. The molecule has 4 aromatic rings. The second kappa shape index (κ2) is 7.44. The molecule has 2 heterocycles. The number of carbonyl (C=O) groups excluding carboxylic acids is 1. The van der Waals surface area contributed by atoms with E-state index in [4.69, 9.17) is 0 Å². The van der Waals surface area contributed by atoms with E-state index in [2.05, 4.69) is 50.0 Å². The second-order valence-electron chi connectivity index (χ2n) is 6.22. The minimum absolute atomic E-state index is 0.145. The van der Waals surface area contributed by atoms with E-state index < -0.39 is 0 Å². The van der Waals surface area contributed by atoms with Crippen LogP contribution in [0.2, 0.25) is 0 Å². The van der Waals surface area contributed by atoms with Crippen LogP contribution in [0.5, 0.6) is 0 Å². The normalized spacial score (nSPS) is 10.7. The number of amides is 1. The van der Waals surface area contributed by atoms with Gasteiger partial charge in [-0.1, -0.05) is 24.3 Å². The minimum atomic E-state index is -0.145. The third kappa shape index (κ3) is 3.55. The highest BCUT2D eigenvalue weighted by atomic mass is 127. The molecule has 0 atom stereocenters. The lowest BCUT2D eigenvalue weighted by Crippen LogP contribution is -2.13. The first-order chi connectivity index (χ1) is 13.1. The fourth-order valence-corrected chi connectivity index (χ4v) is 3.64. The SMILES string of the molecule is Cc1cnccc1C(=O)Nc1ccc(I)c(-c2nccc3ccccc23)c1. The molecule has 0 spiro atoms. The number of benzene rings is 2. The molecule has 1 N–H and O–H groups in total. The Kier molecular flexibility index (Phi) is 4.85. The van der Waals surface area contributed by atoms with Crippen molar-refractivity contribution >= 4 is 45.0 Å². The Morgan fingerprint density at radius 2 is 1.89 bits per heavy atom. The van der Waals surface area contributed by atoms with Crippen molar-refractivity contribution in [2.45, 2.75) is 6.92 Å². The van der Waals surface area contributed by atoms with Crippen molar-refractivity contribution in [2.24, 2.45) is 0 Å². The molecule has 0 unspecified atom stereocenters. The Hall–Kier alpha value is -2.80. The average Bonchev–Trinajstić information content (AvgIpc) is 2.69. The number of hydrogen-bond acceptors (Lipinski definition) is 3. The maximum atomic E-state index is 12.6. The van der Waals surface area contributed by atoms with Crippen LogP contribution in [-0.4, -0.2) is 15.9 Å². The largest absolute Gasteiger partial charge is 0.322 e. The smallest absolute Gasteiger partial charge is 0.256 e. The van der Waals surface area contributed by atoms with E-state index >= 15 is 0 Å². The summed E-state index contributed by atoms with van der Waals surface area (Å²) in [5.74, 6) is -0.145. The lowest BCUT2D eigenvalue weighted by molar-refractivity contribution is 0.102. The van der Waals surface area contributed by atoms with Crippen LogP contribution >= 0.6 is 22.6 Å². The zero-order valence-corrected chi connectivity index (χ0v) is 16.8. The summed E-state index contributed by atoms with van der Waals surface area (Å²) in [6.07, 6.45) is 5.13. The van der Waals surface area contributed by atoms with Gasteiger partial charge in [0, 0.05) is 44.4 Å². The average molecular weight is 465 g/mol. The molecule has 2 aromatic heterocycles. The van der Waals surface area contributed by atoms with Crippen LogP contribution in [-0.2, 0) is 0 Å². The van der Waals surface area contributed by atoms with Crippen LogP contribution in [0.1, 0.15) is 15.9 Å². The van der Waals surface area contributed by atoms with Gasteiger partial charge in [0.15, 0.2) is 0 Å². The lowest BCUT2D eigenvalue weighted by atomic mass is 10.0. The summed E-state index contributed by atoms with van der Waals surface area (Å²) < 4.78 is 1.08. The van der Waals surface area contributed by atoms with E-state index in [0.29, 0.717) is 5.56 Å². The first-order valence-electron chi connectivity index (χ1n) is 8.49. The van der Waals surface area contributed by atoms with Crippen molar-refractivity contribution in [3.8, 4) is 11.3 Å². The van der Waals surface area contributed by atoms with Gasteiger partial charge >= 0.3 is 0 Å². The highest BCUT2D eigenvalue weighted by Crippen LogP contribution is 2.32. The van der Waals surface area contributed by atoms with E-state index in [0.717, 1.165) is 36.9 Å². The molecule has 0 aliphatic rings. The van der Waals surface area contributed by atoms with Crippen LogP contribution < -0.4 is 5.32 Å². The molecule has 0 radical (unpaired) electrons. The summed E-state index contributed by atoms with van der Waals surface area (Å²) in [6.45, 7) is 1.88. The zero-order valence-electron chi connectivity index (χ0n) is 14.6. The molecule has 4 rings (SSSR count). The molecule has 0 aliphatic carbocycles. The third-order valence-corrected chi connectivity index (χ3v) is 5.36. The standard InChI is InChI=1S/C22H16IN3O/c1-14-13-24-10-9-17(14)22(27)26-16-6-7-20(23)19(12-16)21-18-5-3-2-4-15(18)8-11-25-21/h2-13H,1H3,(H,26,27). The van der Waals surface area contributed by atoms with Crippen molar-refractivity contribution in [3.63, 3.8) is 0 Å². The highest BCUT2D eigenvalue weighted by molar-refractivity contribution is 14.1. The van der Waals surface area contributed by atoms with Crippen molar-refractivity contribution in [2.75, 3.05) is 5.32 Å². The summed E-state index contributed by atoms with van der Waals surface area (Å²) in [5.41, 5.74) is 4.11. The Morgan fingerprint density at radius 1 is 1.04 bits per heavy atom. The van der Waals surface area contributed by atoms with E-state index in [1.807, 2.05) is 49.5 Å². The number of anilines is 1. The molecule has 132 valence electrons. The van der Waals surface area contributed by atoms with E-state index in [-0.39, 0.29) is 5.91 Å². The Labute approximate surface area is 170 Å². The number of halogens is 1. The summed E-state index contributed by atoms with van der Waals surface area (Å²) >= 11 is 2.30. The van der Waals surface area contributed by atoms with Gasteiger partial charge in [-0.2, -0.15) is 0 Å². The number of aryl methyl sites for hydroxylation is 1. The number of fused-ring (bicyclic) bond motifs is 1. The van der Waals surface area contributed by atoms with Crippen LogP contribution in [0.25, 0.3) is 22.0 Å². The zero-order chi connectivity index (χ0) is 18.8. The fraction of sp³-hybridized carbons (Fsp3) is 0.0455. The fourth-order valence-electron chi connectivity index (χ4n) is 3.05.